The first kappa shape index (κ1) is 15.2. The predicted molar refractivity (Wildman–Crippen MR) is 85.8 cm³/mol. The van der Waals surface area contributed by atoms with Gasteiger partial charge in [-0.1, -0.05) is 36.0 Å². The third-order valence-electron chi connectivity index (χ3n) is 4.77. The zero-order valence-electron chi connectivity index (χ0n) is 11.8. The van der Waals surface area contributed by atoms with Gasteiger partial charge in [-0.05, 0) is 25.3 Å². The smallest absolute Gasteiger partial charge is 0.161 e. The van der Waals surface area contributed by atoms with E-state index in [4.69, 9.17) is 29.0 Å². The fourth-order valence-electron chi connectivity index (χ4n) is 3.54. The molecule has 5 nitrogen and oxygen atoms in total. The molecule has 1 aliphatic carbocycles. The number of pyridine rings is 1. The molecule has 7 heteroatoms. The molecule has 1 aliphatic heterocycles. The molecule has 1 aromatic heterocycles. The molecule has 0 bridgehead atoms. The third kappa shape index (κ3) is 2.80. The summed E-state index contributed by atoms with van der Waals surface area (Å²) in [7, 11) is 0. The lowest BCUT2D eigenvalue weighted by atomic mass is 9.71. The van der Waals surface area contributed by atoms with Crippen LogP contribution >= 0.6 is 23.2 Å². The van der Waals surface area contributed by atoms with Gasteiger partial charge in [0.1, 0.15) is 5.82 Å². The summed E-state index contributed by atoms with van der Waals surface area (Å²) in [6.45, 7) is 1.51. The predicted octanol–water partition coefficient (Wildman–Crippen LogP) is 2.81. The number of nitrogens with one attached hydrogen (secondary N) is 1. The van der Waals surface area contributed by atoms with Crippen molar-refractivity contribution in [2.45, 2.75) is 37.7 Å². The van der Waals surface area contributed by atoms with Gasteiger partial charge >= 0.3 is 0 Å². The van der Waals surface area contributed by atoms with Crippen molar-refractivity contribution >= 4 is 34.8 Å². The Morgan fingerprint density at radius 1 is 1.33 bits per heavy atom. The van der Waals surface area contributed by atoms with E-state index in [1.165, 1.54) is 6.42 Å². The molecule has 2 unspecified atom stereocenters. The monoisotopic (exact) mass is 330 g/mol. The van der Waals surface area contributed by atoms with E-state index in [0.29, 0.717) is 21.7 Å². The highest BCUT2D eigenvalue weighted by Gasteiger charge is 2.43. The molecule has 1 saturated heterocycles. The molecule has 4 N–H and O–H groups in total. The number of hydrogen-bond donors (Lipinski definition) is 3. The topological polar surface area (TPSA) is 74.4 Å². The van der Waals surface area contributed by atoms with Crippen molar-refractivity contribution in [3.8, 4) is 0 Å². The van der Waals surface area contributed by atoms with Crippen LogP contribution in [0.15, 0.2) is 6.07 Å². The van der Waals surface area contributed by atoms with Gasteiger partial charge in [-0.2, -0.15) is 0 Å². The Kier molecular flexibility index (Phi) is 4.19. The quantitative estimate of drug-likeness (QED) is 0.574. The van der Waals surface area contributed by atoms with E-state index in [0.717, 1.165) is 38.8 Å². The van der Waals surface area contributed by atoms with Crippen LogP contribution in [0.1, 0.15) is 32.1 Å². The summed E-state index contributed by atoms with van der Waals surface area (Å²) in [6.07, 6.45) is 5.01. The van der Waals surface area contributed by atoms with Crippen LogP contribution in [0.4, 0.5) is 11.6 Å². The number of piperidine rings is 1. The summed E-state index contributed by atoms with van der Waals surface area (Å²) in [5.41, 5.74) is 1.98. The first-order chi connectivity index (χ1) is 10.0. The minimum Gasteiger partial charge on any atom is -0.389 e. The van der Waals surface area contributed by atoms with E-state index in [9.17, 15) is 5.11 Å². The number of nitrogen functional groups attached to an aromatic ring is 1. The number of aromatic nitrogens is 1. The Bertz CT molecular complexity index is 542. The second kappa shape index (κ2) is 5.80. The van der Waals surface area contributed by atoms with E-state index >= 15 is 0 Å². The lowest BCUT2D eigenvalue weighted by molar-refractivity contribution is -0.0613. The Morgan fingerprint density at radius 2 is 2.14 bits per heavy atom. The normalized spacial score (nSPS) is 29.1. The Hall–Kier alpha value is -0.750. The molecule has 2 aliphatic rings. The fourth-order valence-corrected chi connectivity index (χ4v) is 4.08. The van der Waals surface area contributed by atoms with Crippen LogP contribution in [-0.2, 0) is 0 Å². The lowest BCUT2D eigenvalue weighted by Gasteiger charge is -2.47. The highest BCUT2D eigenvalue weighted by Crippen LogP contribution is 2.42. The van der Waals surface area contributed by atoms with Crippen molar-refractivity contribution in [3.63, 3.8) is 0 Å². The first-order valence-corrected chi connectivity index (χ1v) is 8.09. The summed E-state index contributed by atoms with van der Waals surface area (Å²) in [4.78, 5) is 6.55. The van der Waals surface area contributed by atoms with Crippen molar-refractivity contribution < 1.29 is 5.11 Å². The SMILES string of the molecule is NNc1nc(N2CCC3(O)CCCCC3C2)c(Cl)cc1Cl. The van der Waals surface area contributed by atoms with Gasteiger partial charge in [0.15, 0.2) is 5.82 Å². The molecule has 2 heterocycles. The maximum atomic E-state index is 10.7. The standard InChI is InChI=1S/C14H20Cl2N4O/c15-10-7-11(16)13(18-12(10)19-17)20-6-5-14(21)4-2-1-3-9(14)8-20/h7,9,21H,1-6,8,17H2,(H,18,19). The molecule has 0 radical (unpaired) electrons. The molecular formula is C14H20Cl2N4O. The van der Waals surface area contributed by atoms with Crippen LogP contribution < -0.4 is 16.2 Å². The molecule has 1 saturated carbocycles. The van der Waals surface area contributed by atoms with E-state index in [1.807, 2.05) is 0 Å². The van der Waals surface area contributed by atoms with E-state index in [2.05, 4.69) is 15.3 Å². The molecule has 1 aromatic rings. The highest BCUT2D eigenvalue weighted by atomic mass is 35.5. The van der Waals surface area contributed by atoms with Gasteiger partial charge in [-0.25, -0.2) is 10.8 Å². The maximum absolute atomic E-state index is 10.7. The van der Waals surface area contributed by atoms with Crippen LogP contribution in [0.5, 0.6) is 0 Å². The molecule has 21 heavy (non-hydrogen) atoms. The number of halogens is 2. The fraction of sp³-hybridized carbons (Fsp3) is 0.643. The number of aliphatic hydroxyl groups is 1. The molecule has 2 fully saturated rings. The largest absolute Gasteiger partial charge is 0.389 e. The molecule has 2 atom stereocenters. The highest BCUT2D eigenvalue weighted by molar-refractivity contribution is 6.37. The summed E-state index contributed by atoms with van der Waals surface area (Å²) in [5, 5.41) is 11.7. The van der Waals surface area contributed by atoms with Crippen molar-refractivity contribution in [3.05, 3.63) is 16.1 Å². The van der Waals surface area contributed by atoms with Crippen molar-refractivity contribution in [1.82, 2.24) is 4.98 Å². The average molecular weight is 331 g/mol. The van der Waals surface area contributed by atoms with Gasteiger partial charge in [0.2, 0.25) is 0 Å². The number of anilines is 2. The number of fused-ring (bicyclic) bond motifs is 1. The first-order valence-electron chi connectivity index (χ1n) is 7.33. The molecule has 0 aromatic carbocycles. The van der Waals surface area contributed by atoms with Gasteiger partial charge in [0.05, 0.1) is 15.6 Å². The average Bonchev–Trinajstić information content (AvgIpc) is 2.47. The molecule has 0 spiro atoms. The number of rotatable bonds is 2. The van der Waals surface area contributed by atoms with Gasteiger partial charge in [0, 0.05) is 19.0 Å². The van der Waals surface area contributed by atoms with Gasteiger partial charge in [-0.15, -0.1) is 0 Å². The minimum atomic E-state index is -0.511. The zero-order valence-corrected chi connectivity index (χ0v) is 13.3. The Balaban J connectivity index is 1.85. The summed E-state index contributed by atoms with van der Waals surface area (Å²) < 4.78 is 0. The van der Waals surface area contributed by atoms with E-state index in [-0.39, 0.29) is 5.92 Å². The van der Waals surface area contributed by atoms with Crippen LogP contribution in [0.2, 0.25) is 10.0 Å². The second-order valence-corrected chi connectivity index (χ2v) is 6.83. The number of hydrazine groups is 1. The van der Waals surface area contributed by atoms with Crippen LogP contribution in [-0.4, -0.2) is 28.8 Å². The summed E-state index contributed by atoms with van der Waals surface area (Å²) in [5.74, 6) is 6.81. The number of nitrogens with zero attached hydrogens (tertiary/aromatic N) is 2. The van der Waals surface area contributed by atoms with Crippen molar-refractivity contribution in [1.29, 1.82) is 0 Å². The zero-order chi connectivity index (χ0) is 15.0. The van der Waals surface area contributed by atoms with E-state index < -0.39 is 5.60 Å². The Labute approximate surface area is 134 Å². The van der Waals surface area contributed by atoms with Gasteiger partial charge in [0.25, 0.3) is 0 Å². The van der Waals surface area contributed by atoms with Crippen LogP contribution in [0.3, 0.4) is 0 Å². The maximum Gasteiger partial charge on any atom is 0.161 e. The molecular weight excluding hydrogens is 311 g/mol. The van der Waals surface area contributed by atoms with Gasteiger partial charge in [-0.3, -0.25) is 0 Å². The second-order valence-electron chi connectivity index (χ2n) is 6.01. The lowest BCUT2D eigenvalue weighted by Crippen LogP contribution is -2.53. The summed E-state index contributed by atoms with van der Waals surface area (Å²) >= 11 is 12.3. The van der Waals surface area contributed by atoms with Crippen molar-refractivity contribution in [2.75, 3.05) is 23.4 Å². The minimum absolute atomic E-state index is 0.280. The number of hydrogen-bond acceptors (Lipinski definition) is 5. The van der Waals surface area contributed by atoms with Crippen LogP contribution in [0, 0.1) is 5.92 Å². The van der Waals surface area contributed by atoms with Gasteiger partial charge < -0.3 is 15.4 Å². The molecule has 116 valence electrons. The summed E-state index contributed by atoms with van der Waals surface area (Å²) in [6, 6.07) is 1.66. The van der Waals surface area contributed by atoms with E-state index in [1.54, 1.807) is 6.07 Å². The third-order valence-corrected chi connectivity index (χ3v) is 5.34. The molecule has 3 rings (SSSR count). The number of nitrogens with two attached hydrogens (primary N) is 1. The molecule has 0 amide bonds. The van der Waals surface area contributed by atoms with Crippen molar-refractivity contribution in [2.24, 2.45) is 11.8 Å². The van der Waals surface area contributed by atoms with Crippen LogP contribution in [0.25, 0.3) is 0 Å². The Morgan fingerprint density at radius 3 is 2.90 bits per heavy atom.